The molecule has 2 saturated carbocycles. The van der Waals surface area contributed by atoms with E-state index in [1.54, 1.807) is 0 Å². The van der Waals surface area contributed by atoms with Gasteiger partial charge in [-0.2, -0.15) is 0 Å². The summed E-state index contributed by atoms with van der Waals surface area (Å²) >= 11 is 0. The van der Waals surface area contributed by atoms with Crippen molar-refractivity contribution in [2.75, 3.05) is 26.2 Å². The number of benzene rings is 1. The quantitative estimate of drug-likeness (QED) is 0.785. The van der Waals surface area contributed by atoms with Gasteiger partial charge in [-0.25, -0.2) is 0 Å². The monoisotopic (exact) mass is 356 g/mol. The fourth-order valence-electron chi connectivity index (χ4n) is 4.77. The average molecular weight is 357 g/mol. The number of rotatable bonds is 7. The van der Waals surface area contributed by atoms with Gasteiger partial charge in [0.15, 0.2) is 0 Å². The van der Waals surface area contributed by atoms with Crippen LogP contribution in [0.1, 0.15) is 56.9 Å². The van der Waals surface area contributed by atoms with Crippen molar-refractivity contribution in [1.29, 1.82) is 0 Å². The third kappa shape index (κ3) is 3.67. The molecule has 0 spiro atoms. The Hall–Kier alpha value is -1.39. The van der Waals surface area contributed by atoms with Gasteiger partial charge in [0.1, 0.15) is 0 Å². The maximum atomic E-state index is 11.6. The largest absolute Gasteiger partial charge is 0.481 e. The minimum absolute atomic E-state index is 0.344. The minimum Gasteiger partial charge on any atom is -0.481 e. The van der Waals surface area contributed by atoms with E-state index in [0.29, 0.717) is 17.4 Å². The molecule has 3 aliphatic rings. The van der Waals surface area contributed by atoms with E-state index < -0.39 is 11.4 Å². The summed E-state index contributed by atoms with van der Waals surface area (Å²) in [6.45, 7) is 6.32. The van der Waals surface area contributed by atoms with Crippen LogP contribution in [0.3, 0.4) is 0 Å². The zero-order chi connectivity index (χ0) is 18.2. The number of nitrogens with zero attached hydrogens (tertiary/aromatic N) is 1. The topological polar surface area (TPSA) is 52.6 Å². The van der Waals surface area contributed by atoms with Gasteiger partial charge >= 0.3 is 5.97 Å². The first kappa shape index (κ1) is 18.0. The lowest BCUT2D eigenvalue weighted by Gasteiger charge is -2.45. The van der Waals surface area contributed by atoms with Crippen molar-refractivity contribution in [2.24, 2.45) is 10.8 Å². The van der Waals surface area contributed by atoms with Gasteiger partial charge in [-0.1, -0.05) is 43.7 Å². The Labute approximate surface area is 157 Å². The third-order valence-corrected chi connectivity index (χ3v) is 7.16. The molecule has 1 saturated heterocycles. The first-order valence-corrected chi connectivity index (χ1v) is 10.2. The van der Waals surface area contributed by atoms with Gasteiger partial charge in [-0.3, -0.25) is 4.79 Å². The van der Waals surface area contributed by atoms with Crippen molar-refractivity contribution in [3.8, 4) is 0 Å². The van der Waals surface area contributed by atoms with E-state index in [0.717, 1.165) is 45.4 Å². The molecule has 1 aromatic carbocycles. The zero-order valence-electron chi connectivity index (χ0n) is 15.9. The molecule has 26 heavy (non-hydrogen) atoms. The van der Waals surface area contributed by atoms with Crippen molar-refractivity contribution in [3.05, 3.63) is 35.9 Å². The molecule has 1 heterocycles. The van der Waals surface area contributed by atoms with Crippen molar-refractivity contribution in [2.45, 2.75) is 57.4 Å². The number of nitrogens with one attached hydrogen (secondary N) is 1. The van der Waals surface area contributed by atoms with Gasteiger partial charge in [0.25, 0.3) is 0 Å². The Morgan fingerprint density at radius 1 is 1.19 bits per heavy atom. The number of carboxylic acids is 1. The van der Waals surface area contributed by atoms with E-state index in [1.165, 1.54) is 24.8 Å². The highest BCUT2D eigenvalue weighted by molar-refractivity contribution is 5.76. The normalized spacial score (nSPS) is 29.7. The van der Waals surface area contributed by atoms with Crippen LogP contribution in [0.25, 0.3) is 0 Å². The summed E-state index contributed by atoms with van der Waals surface area (Å²) in [6, 6.07) is 11.5. The van der Waals surface area contributed by atoms with E-state index in [-0.39, 0.29) is 0 Å². The summed E-state index contributed by atoms with van der Waals surface area (Å²) in [4.78, 5) is 14.0. The molecule has 2 atom stereocenters. The van der Waals surface area contributed by atoms with Gasteiger partial charge in [-0.05, 0) is 56.2 Å². The van der Waals surface area contributed by atoms with Crippen LogP contribution in [0.5, 0.6) is 0 Å². The van der Waals surface area contributed by atoms with Crippen molar-refractivity contribution >= 4 is 5.97 Å². The summed E-state index contributed by atoms with van der Waals surface area (Å²) in [6.07, 6.45) is 6.39. The molecule has 1 aliphatic heterocycles. The first-order chi connectivity index (χ1) is 12.5. The van der Waals surface area contributed by atoms with Gasteiger partial charge in [0.05, 0.1) is 5.41 Å². The number of carboxylic acid groups (broad SMARTS) is 1. The summed E-state index contributed by atoms with van der Waals surface area (Å²) in [5.74, 6) is 0.105. The average Bonchev–Trinajstić information content (AvgIpc) is 3.39. The molecule has 0 amide bonds. The zero-order valence-corrected chi connectivity index (χ0v) is 15.9. The highest BCUT2D eigenvalue weighted by Gasteiger charge is 2.46. The number of aliphatic carboxylic acids is 1. The molecule has 4 nitrogen and oxygen atoms in total. The number of piperidine rings is 1. The SMILES string of the molecule is CC1(CNC2CC2c2ccccc2)CCN(CC2(C(=O)O)CCC2)CC1. The van der Waals surface area contributed by atoms with Crippen LogP contribution < -0.4 is 5.32 Å². The number of hydrogen-bond donors (Lipinski definition) is 2. The number of carbonyl (C=O) groups is 1. The molecule has 4 rings (SSSR count). The van der Waals surface area contributed by atoms with Gasteiger partial charge in [-0.15, -0.1) is 0 Å². The van der Waals surface area contributed by atoms with E-state index in [2.05, 4.69) is 47.5 Å². The molecule has 0 radical (unpaired) electrons. The van der Waals surface area contributed by atoms with E-state index in [1.807, 2.05) is 0 Å². The van der Waals surface area contributed by atoms with Crippen LogP contribution in [0.2, 0.25) is 0 Å². The summed E-state index contributed by atoms with van der Waals surface area (Å²) in [7, 11) is 0. The van der Waals surface area contributed by atoms with Crippen LogP contribution in [0.15, 0.2) is 30.3 Å². The summed E-state index contributed by atoms with van der Waals surface area (Å²) in [5.41, 5.74) is 1.36. The van der Waals surface area contributed by atoms with Crippen LogP contribution in [-0.4, -0.2) is 48.2 Å². The second-order valence-electron chi connectivity index (χ2n) is 9.27. The minimum atomic E-state index is -0.584. The van der Waals surface area contributed by atoms with Crippen LogP contribution in [0.4, 0.5) is 0 Å². The Morgan fingerprint density at radius 2 is 1.88 bits per heavy atom. The van der Waals surface area contributed by atoms with E-state index >= 15 is 0 Å². The number of likely N-dealkylation sites (tertiary alicyclic amines) is 1. The highest BCUT2D eigenvalue weighted by Crippen LogP contribution is 2.44. The van der Waals surface area contributed by atoms with E-state index in [9.17, 15) is 9.90 Å². The Balaban J connectivity index is 1.22. The van der Waals surface area contributed by atoms with Crippen molar-refractivity contribution in [1.82, 2.24) is 10.2 Å². The molecule has 3 fully saturated rings. The second-order valence-corrected chi connectivity index (χ2v) is 9.27. The molecule has 2 aliphatic carbocycles. The lowest BCUT2D eigenvalue weighted by molar-refractivity contribution is -0.156. The predicted octanol–water partition coefficient (Wildman–Crippen LogP) is 3.49. The third-order valence-electron chi connectivity index (χ3n) is 7.16. The molecule has 0 bridgehead atoms. The summed E-state index contributed by atoms with van der Waals surface area (Å²) < 4.78 is 0. The molecular weight excluding hydrogens is 324 g/mol. The van der Waals surface area contributed by atoms with E-state index in [4.69, 9.17) is 0 Å². The molecule has 2 unspecified atom stereocenters. The Bertz CT molecular complexity index is 633. The first-order valence-electron chi connectivity index (χ1n) is 10.2. The van der Waals surface area contributed by atoms with Crippen LogP contribution in [-0.2, 0) is 4.79 Å². The maximum absolute atomic E-state index is 11.6. The smallest absolute Gasteiger partial charge is 0.310 e. The molecule has 0 aromatic heterocycles. The second kappa shape index (κ2) is 6.97. The fraction of sp³-hybridized carbons (Fsp3) is 0.682. The van der Waals surface area contributed by atoms with Gasteiger partial charge in [0.2, 0.25) is 0 Å². The Morgan fingerprint density at radius 3 is 2.46 bits per heavy atom. The fourth-order valence-corrected chi connectivity index (χ4v) is 4.77. The standard InChI is InChI=1S/C22H32N2O2/c1-21(15-23-19-14-18(19)17-6-3-2-4-7-17)10-12-24(13-11-21)16-22(20(25)26)8-5-9-22/h2-4,6-7,18-19,23H,5,8-16H2,1H3,(H,25,26). The lowest BCUT2D eigenvalue weighted by atomic mass is 9.68. The van der Waals surface area contributed by atoms with Gasteiger partial charge < -0.3 is 15.3 Å². The number of hydrogen-bond acceptors (Lipinski definition) is 3. The molecule has 4 heteroatoms. The van der Waals surface area contributed by atoms with Crippen LogP contribution in [0, 0.1) is 10.8 Å². The summed E-state index contributed by atoms with van der Waals surface area (Å²) in [5, 5.41) is 13.4. The van der Waals surface area contributed by atoms with Gasteiger partial charge in [0, 0.05) is 25.0 Å². The maximum Gasteiger partial charge on any atom is 0.310 e. The Kier molecular flexibility index (Phi) is 4.83. The van der Waals surface area contributed by atoms with Crippen LogP contribution >= 0.6 is 0 Å². The molecular formula is C22H32N2O2. The highest BCUT2D eigenvalue weighted by atomic mass is 16.4. The van der Waals surface area contributed by atoms with Crippen molar-refractivity contribution in [3.63, 3.8) is 0 Å². The molecule has 2 N–H and O–H groups in total. The lowest BCUT2D eigenvalue weighted by Crippen LogP contribution is -2.51. The molecule has 1 aromatic rings. The molecule has 142 valence electrons. The predicted molar refractivity (Wildman–Crippen MR) is 103 cm³/mol. The van der Waals surface area contributed by atoms with Crippen molar-refractivity contribution < 1.29 is 9.90 Å².